The lowest BCUT2D eigenvalue weighted by molar-refractivity contribution is 0.0976. The van der Waals surface area contributed by atoms with Crippen LogP contribution in [0.5, 0.6) is 0 Å². The first kappa shape index (κ1) is 28.0. The maximum Gasteiger partial charge on any atom is 0.256 e. The molecule has 1 atom stereocenters. The number of nitrogens with zero attached hydrogens (tertiary/aromatic N) is 5. The summed E-state index contributed by atoms with van der Waals surface area (Å²) in [6.07, 6.45) is 13.5. The molecule has 3 N–H and O–H groups in total. The Hall–Kier alpha value is -3.62. The number of amidine groups is 1. The zero-order valence-corrected chi connectivity index (χ0v) is 22.1. The van der Waals surface area contributed by atoms with Crippen molar-refractivity contribution in [1.29, 1.82) is 0 Å². The van der Waals surface area contributed by atoms with Crippen molar-refractivity contribution >= 4 is 18.5 Å². The number of rotatable bonds is 11. The first-order valence-corrected chi connectivity index (χ1v) is 12.8. The number of aromatic nitrogens is 2. The van der Waals surface area contributed by atoms with Gasteiger partial charge in [-0.15, -0.1) is 6.58 Å². The highest BCUT2D eigenvalue weighted by Crippen LogP contribution is 2.34. The number of imidazole rings is 1. The van der Waals surface area contributed by atoms with Crippen LogP contribution in [0, 0.1) is 0 Å². The van der Waals surface area contributed by atoms with E-state index < -0.39 is 0 Å². The largest absolute Gasteiger partial charge is 0.330 e. The highest BCUT2D eigenvalue weighted by Gasteiger charge is 2.28. The van der Waals surface area contributed by atoms with Gasteiger partial charge < -0.3 is 15.6 Å². The zero-order valence-electron chi connectivity index (χ0n) is 22.1. The van der Waals surface area contributed by atoms with Crippen molar-refractivity contribution in [3.63, 3.8) is 0 Å². The van der Waals surface area contributed by atoms with Crippen LogP contribution in [0.3, 0.4) is 0 Å². The van der Waals surface area contributed by atoms with E-state index >= 15 is 0 Å². The van der Waals surface area contributed by atoms with E-state index in [4.69, 9.17) is 10.7 Å². The van der Waals surface area contributed by atoms with Crippen LogP contribution in [-0.4, -0.2) is 53.0 Å². The maximum absolute atomic E-state index is 12.8. The van der Waals surface area contributed by atoms with E-state index in [9.17, 15) is 4.79 Å². The van der Waals surface area contributed by atoms with Crippen molar-refractivity contribution < 1.29 is 4.79 Å². The third-order valence-electron chi connectivity index (χ3n) is 6.45. The number of nitrogens with two attached hydrogens (primary N) is 1. The first-order chi connectivity index (χ1) is 18.0. The molecule has 1 saturated heterocycles. The van der Waals surface area contributed by atoms with Crippen molar-refractivity contribution in [3.05, 3.63) is 78.6 Å². The Morgan fingerprint density at radius 2 is 2.05 bits per heavy atom. The summed E-state index contributed by atoms with van der Waals surface area (Å²) in [6, 6.07) is 7.80. The average Bonchev–Trinajstić information content (AvgIpc) is 3.26. The lowest BCUT2D eigenvalue weighted by atomic mass is 10.0. The number of likely N-dealkylation sites (tertiary alicyclic amines) is 1. The second-order valence-corrected chi connectivity index (χ2v) is 9.06. The molecule has 1 fully saturated rings. The number of nitrogens with one attached hydrogen (secondary N) is 1. The Balaban J connectivity index is 1.97. The molecule has 8 heteroatoms. The van der Waals surface area contributed by atoms with Crippen molar-refractivity contribution in [2.45, 2.75) is 51.6 Å². The van der Waals surface area contributed by atoms with Gasteiger partial charge in [-0.1, -0.05) is 30.7 Å². The number of hydrogen-bond donors (Lipinski definition) is 2. The van der Waals surface area contributed by atoms with Gasteiger partial charge in [-0.25, -0.2) is 9.98 Å². The quantitative estimate of drug-likeness (QED) is 0.266. The summed E-state index contributed by atoms with van der Waals surface area (Å²) in [4.78, 5) is 28.6. The van der Waals surface area contributed by atoms with Crippen molar-refractivity contribution in [2.24, 2.45) is 15.7 Å². The van der Waals surface area contributed by atoms with Gasteiger partial charge in [0.05, 0.1) is 11.7 Å². The summed E-state index contributed by atoms with van der Waals surface area (Å²) in [5, 5.41) is 2.87. The van der Waals surface area contributed by atoms with Crippen LogP contribution < -0.4 is 11.1 Å². The first-order valence-electron chi connectivity index (χ1n) is 12.8. The minimum atomic E-state index is -0.212. The van der Waals surface area contributed by atoms with E-state index in [-0.39, 0.29) is 11.9 Å². The highest BCUT2D eigenvalue weighted by atomic mass is 16.1. The molecule has 0 spiro atoms. The number of hydrogen-bond acceptors (Lipinski definition) is 6. The number of allylic oxidation sites excluding steroid dienone is 2. The highest BCUT2D eigenvalue weighted by molar-refractivity contribution is 6.07. The molecule has 1 amide bonds. The molecule has 0 saturated carbocycles. The van der Waals surface area contributed by atoms with Crippen molar-refractivity contribution in [3.8, 4) is 11.3 Å². The fourth-order valence-corrected chi connectivity index (χ4v) is 4.63. The van der Waals surface area contributed by atoms with Gasteiger partial charge in [0.2, 0.25) is 0 Å². The molecule has 1 aliphatic heterocycles. The summed E-state index contributed by atoms with van der Waals surface area (Å²) in [6.45, 7) is 11.4. The molecular weight excluding hydrogens is 462 g/mol. The standard InChI is InChI=1S/C29H39N7O/c1-5-10-26(32-18-6-2)33-29(37)23-14-12-22(13-15-23)27-24(16-17-30)36(21-9-19-31-3)28(34-27)25-11-7-8-20-35(25)4/h5-6,9,12-15,18-19,25H,1,3,7-8,10-11,16-17,20-21,30H2,2,4H3,(H,32,33,37)/b18-6-,19-9-. The fraction of sp³-hybridized carbons (Fsp3) is 0.379. The molecule has 1 aromatic heterocycles. The summed E-state index contributed by atoms with van der Waals surface area (Å²) >= 11 is 0. The van der Waals surface area contributed by atoms with Crippen LogP contribution in [0.4, 0.5) is 0 Å². The number of carbonyl (C=O) groups is 1. The molecule has 1 aromatic carbocycles. The van der Waals surface area contributed by atoms with E-state index in [2.05, 4.69) is 45.1 Å². The molecule has 0 bridgehead atoms. The van der Waals surface area contributed by atoms with Gasteiger partial charge in [0.1, 0.15) is 11.7 Å². The Morgan fingerprint density at radius 3 is 2.70 bits per heavy atom. The van der Waals surface area contributed by atoms with Gasteiger partial charge >= 0.3 is 0 Å². The van der Waals surface area contributed by atoms with Crippen molar-refractivity contribution in [2.75, 3.05) is 20.1 Å². The normalized spacial score (nSPS) is 16.9. The van der Waals surface area contributed by atoms with Crippen LogP contribution in [0.2, 0.25) is 0 Å². The molecule has 37 heavy (non-hydrogen) atoms. The van der Waals surface area contributed by atoms with Gasteiger partial charge in [0, 0.05) is 48.6 Å². The lowest BCUT2D eigenvalue weighted by Crippen LogP contribution is -2.31. The summed E-state index contributed by atoms with van der Waals surface area (Å²) in [5.74, 6) is 1.39. The van der Waals surface area contributed by atoms with E-state index in [0.717, 1.165) is 35.7 Å². The molecule has 8 nitrogen and oxygen atoms in total. The van der Waals surface area contributed by atoms with Gasteiger partial charge in [0.25, 0.3) is 5.91 Å². The van der Waals surface area contributed by atoms with E-state index in [1.165, 1.54) is 12.8 Å². The zero-order chi connectivity index (χ0) is 26.6. The topological polar surface area (TPSA) is 101 Å². The molecule has 2 aromatic rings. The van der Waals surface area contributed by atoms with E-state index in [1.807, 2.05) is 43.3 Å². The Bertz CT molecular complexity index is 1160. The minimum Gasteiger partial charge on any atom is -0.330 e. The van der Waals surface area contributed by atoms with Gasteiger partial charge in [-0.05, 0) is 64.8 Å². The van der Waals surface area contributed by atoms with Gasteiger partial charge in [-0.2, -0.15) is 0 Å². The van der Waals surface area contributed by atoms with Crippen LogP contribution >= 0.6 is 0 Å². The average molecular weight is 502 g/mol. The predicted molar refractivity (Wildman–Crippen MR) is 153 cm³/mol. The predicted octanol–water partition coefficient (Wildman–Crippen LogP) is 4.66. The Labute approximate surface area is 220 Å². The van der Waals surface area contributed by atoms with Gasteiger partial charge in [0.15, 0.2) is 0 Å². The Morgan fingerprint density at radius 1 is 1.27 bits per heavy atom. The van der Waals surface area contributed by atoms with E-state index in [0.29, 0.717) is 37.3 Å². The molecule has 1 unspecified atom stereocenters. The van der Waals surface area contributed by atoms with Crippen LogP contribution in [0.15, 0.2) is 71.5 Å². The molecule has 3 rings (SSSR count). The SMILES string of the molecule is C=CCC(=N/C=C\C)NC(=O)c1ccc(-c2nc(C3CCCCN3C)n(C/C=C\N=C)c2CCN)cc1. The van der Waals surface area contributed by atoms with Crippen LogP contribution in [-0.2, 0) is 13.0 Å². The summed E-state index contributed by atoms with van der Waals surface area (Å²) < 4.78 is 2.27. The second kappa shape index (κ2) is 14.2. The molecule has 0 aliphatic carbocycles. The monoisotopic (exact) mass is 501 g/mol. The third-order valence-corrected chi connectivity index (χ3v) is 6.45. The number of benzene rings is 1. The molecule has 2 heterocycles. The summed E-state index contributed by atoms with van der Waals surface area (Å²) in [5.41, 5.74) is 9.55. The fourth-order valence-electron chi connectivity index (χ4n) is 4.63. The second-order valence-electron chi connectivity index (χ2n) is 9.06. The van der Waals surface area contributed by atoms with Gasteiger partial charge in [-0.3, -0.25) is 14.7 Å². The third kappa shape index (κ3) is 7.21. The van der Waals surface area contributed by atoms with Crippen LogP contribution in [0.1, 0.15) is 60.5 Å². The molecule has 196 valence electrons. The van der Waals surface area contributed by atoms with E-state index in [1.54, 1.807) is 18.5 Å². The van der Waals surface area contributed by atoms with Crippen LogP contribution in [0.25, 0.3) is 11.3 Å². The summed E-state index contributed by atoms with van der Waals surface area (Å²) in [7, 11) is 2.17. The van der Waals surface area contributed by atoms with Crippen molar-refractivity contribution in [1.82, 2.24) is 19.8 Å². The maximum atomic E-state index is 12.8. The lowest BCUT2D eigenvalue weighted by Gasteiger charge is -2.32. The smallest absolute Gasteiger partial charge is 0.256 e. The number of carbonyl (C=O) groups excluding carboxylic acids is 1. The molecule has 0 radical (unpaired) electrons. The number of aliphatic imine (C=N–C) groups is 2. The molecule has 1 aliphatic rings. The molecular formula is C29H39N7O. The minimum absolute atomic E-state index is 0.212. The Kier molecular flexibility index (Phi) is 10.7. The number of piperidine rings is 1. The number of amides is 1.